The van der Waals surface area contributed by atoms with Gasteiger partial charge in [0.05, 0.1) is 19.8 Å². The van der Waals surface area contributed by atoms with Gasteiger partial charge in [0.2, 0.25) is 0 Å². The number of methoxy groups -OCH3 is 2. The van der Waals surface area contributed by atoms with Gasteiger partial charge in [-0.25, -0.2) is 4.79 Å². The summed E-state index contributed by atoms with van der Waals surface area (Å²) in [7, 11) is 2.98. The molecule has 114 valence electrons. The molecule has 6 heteroatoms. The molecule has 1 aromatic carbocycles. The van der Waals surface area contributed by atoms with E-state index >= 15 is 0 Å². The third kappa shape index (κ3) is 3.09. The summed E-state index contributed by atoms with van der Waals surface area (Å²) in [4.78, 5) is 25.4. The second-order valence-corrected chi connectivity index (χ2v) is 5.02. The van der Waals surface area contributed by atoms with Gasteiger partial charge in [-0.15, -0.1) is 0 Å². The van der Waals surface area contributed by atoms with Crippen molar-refractivity contribution in [2.45, 2.75) is 31.8 Å². The minimum atomic E-state index is -1.02. The lowest BCUT2D eigenvalue weighted by Crippen LogP contribution is -2.44. The Bertz CT molecular complexity index is 553. The first-order chi connectivity index (χ1) is 9.99. The number of benzene rings is 1. The summed E-state index contributed by atoms with van der Waals surface area (Å²) in [6, 6.07) is 4.02. The molecule has 1 fully saturated rings. The summed E-state index contributed by atoms with van der Waals surface area (Å²) in [6.07, 6.45) is 1.66. The molecule has 0 saturated heterocycles. The van der Waals surface area contributed by atoms with Gasteiger partial charge in [0.25, 0.3) is 5.91 Å². The monoisotopic (exact) mass is 293 g/mol. The summed E-state index contributed by atoms with van der Waals surface area (Å²) in [5.41, 5.74) is 0.317. The normalized spacial score (nSPS) is 15.2. The van der Waals surface area contributed by atoms with Crippen molar-refractivity contribution in [3.05, 3.63) is 23.8 Å². The van der Waals surface area contributed by atoms with Crippen LogP contribution in [-0.4, -0.2) is 48.2 Å². The molecule has 1 unspecified atom stereocenters. The Hall–Kier alpha value is -2.24. The highest BCUT2D eigenvalue weighted by atomic mass is 16.5. The largest absolute Gasteiger partial charge is 0.497 e. The molecule has 0 spiro atoms. The highest BCUT2D eigenvalue weighted by Gasteiger charge is 2.39. The number of rotatable bonds is 6. The van der Waals surface area contributed by atoms with Crippen LogP contribution in [0.25, 0.3) is 0 Å². The number of carboxylic acid groups (broad SMARTS) is 1. The third-order valence-electron chi connectivity index (χ3n) is 3.59. The molecule has 1 aliphatic rings. The van der Waals surface area contributed by atoms with Crippen molar-refractivity contribution in [1.29, 1.82) is 0 Å². The predicted molar refractivity (Wildman–Crippen MR) is 75.8 cm³/mol. The fourth-order valence-electron chi connectivity index (χ4n) is 2.25. The number of hydrogen-bond acceptors (Lipinski definition) is 4. The molecule has 21 heavy (non-hydrogen) atoms. The quantitative estimate of drug-likeness (QED) is 0.865. The highest BCUT2D eigenvalue weighted by Crippen LogP contribution is 2.33. The maximum Gasteiger partial charge on any atom is 0.326 e. The lowest BCUT2D eigenvalue weighted by molar-refractivity contribution is -0.141. The number of carboxylic acids is 1. The Kier molecular flexibility index (Phi) is 4.35. The number of carbonyl (C=O) groups is 2. The van der Waals surface area contributed by atoms with Gasteiger partial charge in [0.15, 0.2) is 0 Å². The summed E-state index contributed by atoms with van der Waals surface area (Å²) >= 11 is 0. The van der Waals surface area contributed by atoms with E-state index in [0.29, 0.717) is 17.1 Å². The van der Waals surface area contributed by atoms with E-state index in [9.17, 15) is 14.7 Å². The molecule has 0 bridgehead atoms. The maximum absolute atomic E-state index is 12.7. The van der Waals surface area contributed by atoms with Gasteiger partial charge >= 0.3 is 5.97 Å². The zero-order valence-electron chi connectivity index (χ0n) is 12.3. The third-order valence-corrected chi connectivity index (χ3v) is 3.59. The summed E-state index contributed by atoms with van der Waals surface area (Å²) in [6.45, 7) is 1.52. The van der Waals surface area contributed by atoms with Crippen molar-refractivity contribution in [1.82, 2.24) is 4.90 Å². The first kappa shape index (κ1) is 15.2. The van der Waals surface area contributed by atoms with Gasteiger partial charge in [0, 0.05) is 6.04 Å². The molecule has 1 saturated carbocycles. The Morgan fingerprint density at radius 1 is 1.29 bits per heavy atom. The van der Waals surface area contributed by atoms with Crippen LogP contribution in [-0.2, 0) is 4.79 Å². The van der Waals surface area contributed by atoms with Crippen molar-refractivity contribution in [3.63, 3.8) is 0 Å². The fourth-order valence-corrected chi connectivity index (χ4v) is 2.25. The average Bonchev–Trinajstić information content (AvgIpc) is 3.31. The minimum Gasteiger partial charge on any atom is -0.497 e. The van der Waals surface area contributed by atoms with E-state index in [1.165, 1.54) is 26.0 Å². The molecule has 1 aliphatic carbocycles. The van der Waals surface area contributed by atoms with E-state index in [1.54, 1.807) is 18.2 Å². The molecule has 2 rings (SSSR count). The van der Waals surface area contributed by atoms with Crippen LogP contribution in [0.2, 0.25) is 0 Å². The lowest BCUT2D eigenvalue weighted by Gasteiger charge is -2.27. The van der Waals surface area contributed by atoms with Crippen LogP contribution in [0.4, 0.5) is 0 Å². The van der Waals surface area contributed by atoms with Crippen LogP contribution in [0.3, 0.4) is 0 Å². The van der Waals surface area contributed by atoms with E-state index in [2.05, 4.69) is 0 Å². The van der Waals surface area contributed by atoms with Crippen molar-refractivity contribution in [2.24, 2.45) is 0 Å². The van der Waals surface area contributed by atoms with Crippen molar-refractivity contribution >= 4 is 11.9 Å². The first-order valence-electron chi connectivity index (χ1n) is 6.77. The van der Waals surface area contributed by atoms with Crippen LogP contribution in [0.15, 0.2) is 18.2 Å². The van der Waals surface area contributed by atoms with Crippen LogP contribution in [0.1, 0.15) is 30.1 Å². The predicted octanol–water partition coefficient (Wildman–Crippen LogP) is 1.78. The topological polar surface area (TPSA) is 76.1 Å². The Morgan fingerprint density at radius 2 is 1.95 bits per heavy atom. The molecule has 6 nitrogen and oxygen atoms in total. The van der Waals surface area contributed by atoms with Gasteiger partial charge in [0.1, 0.15) is 17.5 Å². The Morgan fingerprint density at radius 3 is 2.43 bits per heavy atom. The molecule has 0 heterocycles. The van der Waals surface area contributed by atoms with Gasteiger partial charge in [-0.3, -0.25) is 4.79 Å². The Balaban J connectivity index is 2.38. The second kappa shape index (κ2) is 6.03. The van der Waals surface area contributed by atoms with Gasteiger partial charge in [-0.05, 0) is 38.0 Å². The number of hydrogen-bond donors (Lipinski definition) is 1. The number of nitrogens with zero attached hydrogens (tertiary/aromatic N) is 1. The zero-order chi connectivity index (χ0) is 15.6. The standard InChI is InChI=1S/C15H19NO5/c1-9(15(18)19)16(10-4-5-10)14(17)12-8-11(20-2)6-7-13(12)21-3/h6-10H,4-5H2,1-3H3,(H,18,19). The van der Waals surface area contributed by atoms with Crippen LogP contribution in [0.5, 0.6) is 11.5 Å². The van der Waals surface area contributed by atoms with Crippen LogP contribution >= 0.6 is 0 Å². The molecular weight excluding hydrogens is 274 g/mol. The molecular formula is C15H19NO5. The number of carbonyl (C=O) groups excluding carboxylic acids is 1. The smallest absolute Gasteiger partial charge is 0.326 e. The molecule has 1 aromatic rings. The van der Waals surface area contributed by atoms with Gasteiger partial charge in [-0.1, -0.05) is 0 Å². The number of aliphatic carboxylic acids is 1. The zero-order valence-corrected chi connectivity index (χ0v) is 12.3. The number of ether oxygens (including phenoxy) is 2. The van der Waals surface area contributed by atoms with E-state index in [-0.39, 0.29) is 11.9 Å². The van der Waals surface area contributed by atoms with E-state index in [4.69, 9.17) is 9.47 Å². The van der Waals surface area contributed by atoms with Crippen LogP contribution in [0, 0.1) is 0 Å². The Labute approximate surface area is 123 Å². The first-order valence-corrected chi connectivity index (χ1v) is 6.77. The fraction of sp³-hybridized carbons (Fsp3) is 0.467. The highest BCUT2D eigenvalue weighted by molar-refractivity contribution is 5.99. The van der Waals surface area contributed by atoms with Crippen molar-refractivity contribution in [2.75, 3.05) is 14.2 Å². The second-order valence-electron chi connectivity index (χ2n) is 5.02. The average molecular weight is 293 g/mol. The SMILES string of the molecule is COc1ccc(OC)c(C(=O)N(C2CC2)C(C)C(=O)O)c1. The molecule has 1 atom stereocenters. The lowest BCUT2D eigenvalue weighted by atomic mass is 10.1. The van der Waals surface area contributed by atoms with E-state index in [1.807, 2.05) is 0 Å². The summed E-state index contributed by atoms with van der Waals surface area (Å²) in [5.74, 6) is -0.429. The van der Waals surface area contributed by atoms with Gasteiger partial charge < -0.3 is 19.5 Å². The van der Waals surface area contributed by atoms with E-state index < -0.39 is 12.0 Å². The molecule has 1 N–H and O–H groups in total. The maximum atomic E-state index is 12.7. The van der Waals surface area contributed by atoms with Crippen LogP contribution < -0.4 is 9.47 Å². The molecule has 0 radical (unpaired) electrons. The molecule has 0 aromatic heterocycles. The van der Waals surface area contributed by atoms with Gasteiger partial charge in [-0.2, -0.15) is 0 Å². The number of amides is 1. The minimum absolute atomic E-state index is 0.0143. The summed E-state index contributed by atoms with van der Waals surface area (Å²) < 4.78 is 10.3. The van der Waals surface area contributed by atoms with E-state index in [0.717, 1.165) is 12.8 Å². The van der Waals surface area contributed by atoms with Crippen molar-refractivity contribution < 1.29 is 24.2 Å². The van der Waals surface area contributed by atoms with Crippen molar-refractivity contribution in [3.8, 4) is 11.5 Å². The molecule has 0 aliphatic heterocycles. The summed E-state index contributed by atoms with van der Waals surface area (Å²) in [5, 5.41) is 9.20. The molecule has 1 amide bonds.